The first-order valence-electron chi connectivity index (χ1n) is 8.89. The molecule has 1 unspecified atom stereocenters. The predicted molar refractivity (Wildman–Crippen MR) is 95.9 cm³/mol. The molecule has 1 aromatic rings. The summed E-state index contributed by atoms with van der Waals surface area (Å²) in [6, 6.07) is 3.43. The molecule has 1 fully saturated rings. The van der Waals surface area contributed by atoms with Crippen molar-refractivity contribution in [2.75, 3.05) is 32.8 Å². The fourth-order valence-corrected chi connectivity index (χ4v) is 3.02. The molecule has 1 amide bonds. The van der Waals surface area contributed by atoms with Gasteiger partial charge in [-0.3, -0.25) is 4.79 Å². The number of nitrogens with one attached hydrogen (secondary N) is 1. The Hall–Kier alpha value is -2.38. The Kier molecular flexibility index (Phi) is 7.62. The molecule has 0 bridgehead atoms. The van der Waals surface area contributed by atoms with Crippen LogP contribution in [-0.4, -0.2) is 49.6 Å². The molecule has 2 rings (SSSR count). The number of aliphatic imine (C=N–C) groups is 1. The monoisotopic (exact) mass is 368 g/mol. The first-order valence-corrected chi connectivity index (χ1v) is 8.89. The normalized spacial score (nSPS) is 17.9. The number of nitrogens with zero attached hydrogens (tertiary/aromatic N) is 2. The van der Waals surface area contributed by atoms with E-state index in [4.69, 9.17) is 10.5 Å². The maximum Gasteiger partial charge on any atom is 0.217 e. The first-order chi connectivity index (χ1) is 12.5. The lowest BCUT2D eigenvalue weighted by atomic mass is 9.95. The van der Waals surface area contributed by atoms with Crippen molar-refractivity contribution in [3.05, 3.63) is 29.8 Å². The minimum atomic E-state index is -0.937. The van der Waals surface area contributed by atoms with Gasteiger partial charge in [-0.05, 0) is 37.8 Å². The van der Waals surface area contributed by atoms with Gasteiger partial charge in [0.2, 0.25) is 5.91 Å². The van der Waals surface area contributed by atoms with Crippen molar-refractivity contribution in [2.45, 2.75) is 26.2 Å². The summed E-state index contributed by atoms with van der Waals surface area (Å²) in [7, 11) is 0. The average Bonchev–Trinajstić information content (AvgIpc) is 2.60. The standard InChI is InChI=1S/C18H26F2N4O2/c1-2-22-18(24-8-3-4-13(12-24)10-17(21)25)23-7-9-26-14-5-6-15(19)16(20)11-14/h5-6,11,13H,2-4,7-10,12H2,1H3,(H2,21,25)(H,22,23). The number of carbonyl (C=O) groups is 1. The zero-order valence-electron chi connectivity index (χ0n) is 15.0. The van der Waals surface area contributed by atoms with Crippen LogP contribution in [0.1, 0.15) is 26.2 Å². The first kappa shape index (κ1) is 19.9. The van der Waals surface area contributed by atoms with Crippen molar-refractivity contribution in [1.82, 2.24) is 10.2 Å². The van der Waals surface area contributed by atoms with Crippen LogP contribution in [0.2, 0.25) is 0 Å². The summed E-state index contributed by atoms with van der Waals surface area (Å²) in [4.78, 5) is 17.8. The van der Waals surface area contributed by atoms with E-state index < -0.39 is 11.6 Å². The summed E-state index contributed by atoms with van der Waals surface area (Å²) in [5.41, 5.74) is 5.31. The lowest BCUT2D eigenvalue weighted by molar-refractivity contribution is -0.119. The predicted octanol–water partition coefficient (Wildman–Crippen LogP) is 1.90. The minimum absolute atomic E-state index is 0.239. The molecule has 1 atom stereocenters. The third-order valence-electron chi connectivity index (χ3n) is 4.16. The highest BCUT2D eigenvalue weighted by atomic mass is 19.2. The van der Waals surface area contributed by atoms with Gasteiger partial charge in [0, 0.05) is 32.1 Å². The number of piperidine rings is 1. The van der Waals surface area contributed by atoms with E-state index in [2.05, 4.69) is 15.2 Å². The van der Waals surface area contributed by atoms with Crippen LogP contribution in [0, 0.1) is 17.6 Å². The molecule has 8 heteroatoms. The zero-order chi connectivity index (χ0) is 18.9. The van der Waals surface area contributed by atoms with Crippen molar-refractivity contribution in [3.8, 4) is 5.75 Å². The highest BCUT2D eigenvalue weighted by Crippen LogP contribution is 2.19. The van der Waals surface area contributed by atoms with Crippen LogP contribution in [0.4, 0.5) is 8.78 Å². The quantitative estimate of drug-likeness (QED) is 0.438. The van der Waals surface area contributed by atoms with E-state index in [-0.39, 0.29) is 24.2 Å². The molecular weight excluding hydrogens is 342 g/mol. The van der Waals surface area contributed by atoms with E-state index in [1.54, 1.807) is 0 Å². The number of carbonyl (C=O) groups excluding carboxylic acids is 1. The zero-order valence-corrected chi connectivity index (χ0v) is 15.0. The molecular formula is C18H26F2N4O2. The summed E-state index contributed by atoms with van der Waals surface area (Å²) >= 11 is 0. The molecule has 3 N–H and O–H groups in total. The SMILES string of the molecule is CCNC(=NCCOc1ccc(F)c(F)c1)N1CCCC(CC(N)=O)C1. The van der Waals surface area contributed by atoms with Crippen molar-refractivity contribution < 1.29 is 18.3 Å². The number of primary amides is 1. The number of hydrogen-bond acceptors (Lipinski definition) is 3. The highest BCUT2D eigenvalue weighted by Gasteiger charge is 2.23. The number of ether oxygens (including phenoxy) is 1. The van der Waals surface area contributed by atoms with Gasteiger partial charge in [0.05, 0.1) is 6.54 Å². The molecule has 1 aromatic carbocycles. The fourth-order valence-electron chi connectivity index (χ4n) is 3.02. The van der Waals surface area contributed by atoms with Crippen LogP contribution < -0.4 is 15.8 Å². The van der Waals surface area contributed by atoms with E-state index in [9.17, 15) is 13.6 Å². The second-order valence-corrected chi connectivity index (χ2v) is 6.28. The summed E-state index contributed by atoms with van der Waals surface area (Å²) in [6.45, 7) is 4.93. The van der Waals surface area contributed by atoms with Crippen LogP contribution in [0.15, 0.2) is 23.2 Å². The second-order valence-electron chi connectivity index (χ2n) is 6.28. The van der Waals surface area contributed by atoms with Crippen LogP contribution in [0.3, 0.4) is 0 Å². The largest absolute Gasteiger partial charge is 0.492 e. The molecule has 0 aliphatic carbocycles. The molecule has 1 aliphatic rings. The Morgan fingerprint density at radius 3 is 2.92 bits per heavy atom. The number of benzene rings is 1. The van der Waals surface area contributed by atoms with Gasteiger partial charge in [0.25, 0.3) is 0 Å². The van der Waals surface area contributed by atoms with E-state index in [0.717, 1.165) is 50.6 Å². The van der Waals surface area contributed by atoms with Crippen molar-refractivity contribution in [2.24, 2.45) is 16.6 Å². The number of rotatable bonds is 7. The summed E-state index contributed by atoms with van der Waals surface area (Å²) in [6.07, 6.45) is 2.35. The fraction of sp³-hybridized carbons (Fsp3) is 0.556. The Balaban J connectivity index is 1.88. The summed E-state index contributed by atoms with van der Waals surface area (Å²) < 4.78 is 31.5. The number of hydrogen-bond donors (Lipinski definition) is 2. The molecule has 0 saturated carbocycles. The maximum absolute atomic E-state index is 13.2. The second kappa shape index (κ2) is 9.94. The van der Waals surface area contributed by atoms with Crippen LogP contribution >= 0.6 is 0 Å². The van der Waals surface area contributed by atoms with E-state index >= 15 is 0 Å². The van der Waals surface area contributed by atoms with Gasteiger partial charge in [-0.1, -0.05) is 0 Å². The van der Waals surface area contributed by atoms with Crippen LogP contribution in [0.5, 0.6) is 5.75 Å². The average molecular weight is 368 g/mol. The smallest absolute Gasteiger partial charge is 0.217 e. The Bertz CT molecular complexity index is 640. The van der Waals surface area contributed by atoms with Crippen LogP contribution in [-0.2, 0) is 4.79 Å². The van der Waals surface area contributed by atoms with Crippen LogP contribution in [0.25, 0.3) is 0 Å². The molecule has 26 heavy (non-hydrogen) atoms. The van der Waals surface area contributed by atoms with Gasteiger partial charge >= 0.3 is 0 Å². The number of likely N-dealkylation sites (tertiary alicyclic amines) is 1. The van der Waals surface area contributed by atoms with Crippen molar-refractivity contribution in [3.63, 3.8) is 0 Å². The van der Waals surface area contributed by atoms with E-state index in [0.29, 0.717) is 13.0 Å². The molecule has 0 spiro atoms. The van der Waals surface area contributed by atoms with Gasteiger partial charge in [-0.15, -0.1) is 0 Å². The molecule has 6 nitrogen and oxygen atoms in total. The number of nitrogens with two attached hydrogens (primary N) is 1. The van der Waals surface area contributed by atoms with Gasteiger partial charge in [-0.2, -0.15) is 0 Å². The van der Waals surface area contributed by atoms with Gasteiger partial charge in [0.1, 0.15) is 12.4 Å². The Labute approximate surface area is 152 Å². The topological polar surface area (TPSA) is 80.0 Å². The Morgan fingerprint density at radius 1 is 1.42 bits per heavy atom. The molecule has 1 saturated heterocycles. The van der Waals surface area contributed by atoms with Crippen molar-refractivity contribution in [1.29, 1.82) is 0 Å². The number of guanidine groups is 1. The van der Waals surface area contributed by atoms with E-state index in [1.165, 1.54) is 6.07 Å². The molecule has 1 heterocycles. The Morgan fingerprint density at radius 2 is 2.23 bits per heavy atom. The lowest BCUT2D eigenvalue weighted by Gasteiger charge is -2.34. The summed E-state index contributed by atoms with van der Waals surface area (Å²) in [5.74, 6) is -0.852. The maximum atomic E-state index is 13.2. The number of halogens is 2. The third-order valence-corrected chi connectivity index (χ3v) is 4.16. The third kappa shape index (κ3) is 6.16. The van der Waals surface area contributed by atoms with E-state index in [1.807, 2.05) is 6.92 Å². The minimum Gasteiger partial charge on any atom is -0.492 e. The molecule has 0 aromatic heterocycles. The lowest BCUT2D eigenvalue weighted by Crippen LogP contribution is -2.47. The molecule has 144 valence electrons. The molecule has 0 radical (unpaired) electrons. The van der Waals surface area contributed by atoms with Crippen molar-refractivity contribution >= 4 is 11.9 Å². The highest BCUT2D eigenvalue weighted by molar-refractivity contribution is 5.80. The molecule has 1 aliphatic heterocycles. The number of amides is 1. The van der Waals surface area contributed by atoms with Gasteiger partial charge in [0.15, 0.2) is 17.6 Å². The van der Waals surface area contributed by atoms with Gasteiger partial charge in [-0.25, -0.2) is 13.8 Å². The van der Waals surface area contributed by atoms with Gasteiger partial charge < -0.3 is 20.7 Å². The summed E-state index contributed by atoms with van der Waals surface area (Å²) in [5, 5.41) is 3.24.